The molecule has 0 saturated carbocycles. The molecule has 34 heavy (non-hydrogen) atoms. The number of likely N-dealkylation sites (tertiary alicyclic amines) is 1. The van der Waals surface area contributed by atoms with E-state index in [1.165, 1.54) is 4.90 Å². The van der Waals surface area contributed by atoms with E-state index in [-0.39, 0.29) is 6.54 Å². The number of hydrogen-bond acceptors (Lipinski definition) is 5. The van der Waals surface area contributed by atoms with Crippen molar-refractivity contribution in [1.82, 2.24) is 29.3 Å². The van der Waals surface area contributed by atoms with E-state index < -0.39 is 35.6 Å². The first kappa shape index (κ1) is 23.3. The number of benzene rings is 1. The highest BCUT2D eigenvalue weighted by Crippen LogP contribution is 2.33. The summed E-state index contributed by atoms with van der Waals surface area (Å²) in [7, 11) is 2.87. The van der Waals surface area contributed by atoms with Crippen LogP contribution in [0.1, 0.15) is 28.6 Å². The van der Waals surface area contributed by atoms with E-state index in [1.54, 1.807) is 0 Å². The molecule has 0 radical (unpaired) electrons. The zero-order valence-corrected chi connectivity index (χ0v) is 18.6. The summed E-state index contributed by atoms with van der Waals surface area (Å²) < 4.78 is 47.5. The van der Waals surface area contributed by atoms with Gasteiger partial charge in [0.15, 0.2) is 5.69 Å². The van der Waals surface area contributed by atoms with E-state index in [0.717, 1.165) is 24.7 Å². The molecule has 1 aromatic carbocycles. The quantitative estimate of drug-likeness (QED) is 0.590. The third-order valence-corrected chi connectivity index (χ3v) is 5.49. The standard InChI is InChI=1S/C22H23F3N6O3/c1-29-13-15(14-7-4-3-5-8-14)27-16(29)9-10-26-21(33)34-19-17(18(32)31-11-6-12-31)28-20(30(19)2)22(23,24)25/h3-5,7-8,13H,6,9-12H2,1-2H3,(H,26,33). The third-order valence-electron chi connectivity index (χ3n) is 5.49. The molecule has 1 N–H and O–H groups in total. The minimum absolute atomic E-state index is 0.122. The van der Waals surface area contributed by atoms with E-state index in [1.807, 2.05) is 48.1 Å². The number of nitrogens with zero attached hydrogens (tertiary/aromatic N) is 5. The van der Waals surface area contributed by atoms with Gasteiger partial charge in [-0.1, -0.05) is 30.3 Å². The Bertz CT molecular complexity index is 1200. The summed E-state index contributed by atoms with van der Waals surface area (Å²) in [5.74, 6) is -1.87. The second-order valence-corrected chi connectivity index (χ2v) is 7.88. The number of carbonyl (C=O) groups excluding carboxylic acids is 2. The fourth-order valence-corrected chi connectivity index (χ4v) is 3.55. The van der Waals surface area contributed by atoms with Gasteiger partial charge >= 0.3 is 12.3 Å². The van der Waals surface area contributed by atoms with Crippen LogP contribution in [0.3, 0.4) is 0 Å². The second-order valence-electron chi connectivity index (χ2n) is 7.88. The molecular weight excluding hydrogens is 453 g/mol. The van der Waals surface area contributed by atoms with Crippen molar-refractivity contribution in [2.75, 3.05) is 19.6 Å². The highest BCUT2D eigenvalue weighted by molar-refractivity contribution is 5.96. The average Bonchev–Trinajstić information content (AvgIpc) is 3.27. The fourth-order valence-electron chi connectivity index (χ4n) is 3.55. The molecule has 3 aromatic rings. The van der Waals surface area contributed by atoms with E-state index in [2.05, 4.69) is 15.3 Å². The van der Waals surface area contributed by atoms with Crippen molar-refractivity contribution < 1.29 is 27.5 Å². The van der Waals surface area contributed by atoms with Gasteiger partial charge in [-0.25, -0.2) is 14.8 Å². The van der Waals surface area contributed by atoms with Crippen LogP contribution in [-0.2, 0) is 26.7 Å². The van der Waals surface area contributed by atoms with Gasteiger partial charge in [0.1, 0.15) is 5.82 Å². The highest BCUT2D eigenvalue weighted by atomic mass is 19.4. The van der Waals surface area contributed by atoms with Gasteiger partial charge in [-0.05, 0) is 6.42 Å². The first-order chi connectivity index (χ1) is 16.1. The Morgan fingerprint density at radius 1 is 1.12 bits per heavy atom. The van der Waals surface area contributed by atoms with Crippen LogP contribution < -0.4 is 10.1 Å². The molecule has 1 saturated heterocycles. The molecule has 4 rings (SSSR count). The zero-order valence-electron chi connectivity index (χ0n) is 18.6. The molecular formula is C22H23F3N6O3. The highest BCUT2D eigenvalue weighted by Gasteiger charge is 2.41. The first-order valence-electron chi connectivity index (χ1n) is 10.6. The summed E-state index contributed by atoms with van der Waals surface area (Å²) in [6.07, 6.45) is -2.83. The molecule has 0 aliphatic carbocycles. The number of imidazole rings is 2. The number of rotatable bonds is 6. The molecule has 0 spiro atoms. The van der Waals surface area contributed by atoms with Crippen molar-refractivity contribution in [2.45, 2.75) is 19.0 Å². The van der Waals surface area contributed by atoms with Crippen molar-refractivity contribution in [3.63, 3.8) is 0 Å². The van der Waals surface area contributed by atoms with E-state index in [0.29, 0.717) is 29.9 Å². The van der Waals surface area contributed by atoms with Crippen LogP contribution in [0.2, 0.25) is 0 Å². The maximum Gasteiger partial charge on any atom is 0.449 e. The van der Waals surface area contributed by atoms with Gasteiger partial charge in [0.25, 0.3) is 5.91 Å². The number of alkyl halides is 3. The monoisotopic (exact) mass is 476 g/mol. The lowest BCUT2D eigenvalue weighted by Crippen LogP contribution is -2.42. The van der Waals surface area contributed by atoms with Crippen molar-refractivity contribution in [2.24, 2.45) is 14.1 Å². The minimum Gasteiger partial charge on any atom is -0.390 e. The second kappa shape index (κ2) is 9.20. The lowest BCUT2D eigenvalue weighted by atomic mass is 10.2. The van der Waals surface area contributed by atoms with Gasteiger partial charge in [0.05, 0.1) is 5.69 Å². The number of hydrogen-bond donors (Lipinski definition) is 1. The normalized spacial score (nSPS) is 13.5. The molecule has 12 heteroatoms. The maximum atomic E-state index is 13.3. The molecule has 0 bridgehead atoms. The number of carbonyl (C=O) groups is 2. The van der Waals surface area contributed by atoms with Crippen LogP contribution >= 0.6 is 0 Å². The summed E-state index contributed by atoms with van der Waals surface area (Å²) >= 11 is 0. The topological polar surface area (TPSA) is 94.3 Å². The Labute approximate surface area is 193 Å². The van der Waals surface area contributed by atoms with Gasteiger partial charge in [-0.15, -0.1) is 0 Å². The number of nitrogens with one attached hydrogen (secondary N) is 1. The van der Waals surface area contributed by atoms with Gasteiger partial charge < -0.3 is 19.5 Å². The molecule has 1 aliphatic heterocycles. The van der Waals surface area contributed by atoms with Gasteiger partial charge in [0.2, 0.25) is 11.7 Å². The summed E-state index contributed by atoms with van der Waals surface area (Å²) in [5, 5.41) is 2.49. The Hall–Kier alpha value is -3.83. The molecule has 0 atom stereocenters. The van der Waals surface area contributed by atoms with Crippen LogP contribution in [0.5, 0.6) is 5.88 Å². The smallest absolute Gasteiger partial charge is 0.390 e. The fraction of sp³-hybridized carbons (Fsp3) is 0.364. The largest absolute Gasteiger partial charge is 0.449 e. The summed E-state index contributed by atoms with van der Waals surface area (Å²) in [5.41, 5.74) is 1.19. The van der Waals surface area contributed by atoms with Crippen molar-refractivity contribution >= 4 is 12.0 Å². The van der Waals surface area contributed by atoms with Crippen molar-refractivity contribution in [1.29, 1.82) is 0 Å². The number of ether oxygens (including phenoxy) is 1. The van der Waals surface area contributed by atoms with Crippen LogP contribution in [0.25, 0.3) is 11.3 Å². The predicted molar refractivity (Wildman–Crippen MR) is 115 cm³/mol. The number of amides is 2. The lowest BCUT2D eigenvalue weighted by Gasteiger charge is -2.30. The maximum absolute atomic E-state index is 13.3. The van der Waals surface area contributed by atoms with Crippen LogP contribution in [0, 0.1) is 0 Å². The number of aryl methyl sites for hydroxylation is 1. The zero-order chi connectivity index (χ0) is 24.5. The van der Waals surface area contributed by atoms with Gasteiger partial charge in [0, 0.05) is 51.9 Å². The van der Waals surface area contributed by atoms with Crippen LogP contribution in [-0.4, -0.2) is 55.6 Å². The van der Waals surface area contributed by atoms with E-state index in [9.17, 15) is 22.8 Å². The summed E-state index contributed by atoms with van der Waals surface area (Å²) in [6, 6.07) is 9.59. The van der Waals surface area contributed by atoms with Crippen molar-refractivity contribution in [3.8, 4) is 17.1 Å². The Balaban J connectivity index is 1.43. The Morgan fingerprint density at radius 3 is 2.44 bits per heavy atom. The summed E-state index contributed by atoms with van der Waals surface area (Å²) in [4.78, 5) is 34.2. The molecule has 180 valence electrons. The lowest BCUT2D eigenvalue weighted by molar-refractivity contribution is -0.146. The SMILES string of the molecule is Cn1cc(-c2ccccc2)nc1CCNC(=O)Oc1c(C(=O)N2CCC2)nc(C(F)(F)F)n1C. The van der Waals surface area contributed by atoms with Gasteiger partial charge in [-0.2, -0.15) is 13.2 Å². The van der Waals surface area contributed by atoms with Crippen LogP contribution in [0.15, 0.2) is 36.5 Å². The third kappa shape index (κ3) is 4.75. The number of halogens is 3. The average molecular weight is 476 g/mol. The first-order valence-corrected chi connectivity index (χ1v) is 10.6. The Morgan fingerprint density at radius 2 is 1.82 bits per heavy atom. The van der Waals surface area contributed by atoms with Crippen LogP contribution in [0.4, 0.5) is 18.0 Å². The minimum atomic E-state index is -4.81. The van der Waals surface area contributed by atoms with E-state index >= 15 is 0 Å². The molecule has 1 aliphatic rings. The summed E-state index contributed by atoms with van der Waals surface area (Å²) in [6.45, 7) is 0.950. The molecule has 9 nitrogen and oxygen atoms in total. The molecule has 2 aromatic heterocycles. The Kier molecular flexibility index (Phi) is 6.31. The predicted octanol–water partition coefficient (Wildman–Crippen LogP) is 3.02. The van der Waals surface area contributed by atoms with Gasteiger partial charge in [-0.3, -0.25) is 9.36 Å². The molecule has 3 heterocycles. The van der Waals surface area contributed by atoms with Crippen molar-refractivity contribution in [3.05, 3.63) is 53.9 Å². The number of aromatic nitrogens is 4. The molecule has 2 amide bonds. The molecule has 0 unspecified atom stereocenters. The molecule has 1 fully saturated rings. The van der Waals surface area contributed by atoms with E-state index in [4.69, 9.17) is 4.74 Å².